The number of nitrogens with zero attached hydrogens (tertiary/aromatic N) is 9. The van der Waals surface area contributed by atoms with Gasteiger partial charge in [-0.15, -0.1) is 24.6 Å². The molecule has 787 valence electrons. The number of para-hydroxylation sites is 4. The molecule has 6 atom stereocenters. The van der Waals surface area contributed by atoms with Gasteiger partial charge in [-0.05, 0) is 214 Å². The first-order chi connectivity index (χ1) is 70.7. The molecule has 18 rings (SSSR count). The van der Waals surface area contributed by atoms with Crippen LogP contribution in [0.5, 0.6) is 34.5 Å². The minimum atomic E-state index is -0.562. The molecule has 2 unspecified atom stereocenters. The number of anilines is 7. The average molecular weight is 2130 g/mol. The molecular weight excluding hydrogens is 1990 g/mol. The zero-order valence-corrected chi connectivity index (χ0v) is 93.5. The molecule has 5 N–H and O–H groups in total. The largest absolute Gasteiger partial charge is 1.00 e. The Kier molecular flexibility index (Phi) is 41.5. The van der Waals surface area contributed by atoms with E-state index < -0.39 is 11.9 Å². The van der Waals surface area contributed by atoms with E-state index in [-0.39, 0.29) is 149 Å². The number of aryl methyl sites for hydroxylation is 2. The number of nitrogens with one attached hydrogen (secondary N) is 1. The molecule has 10 aromatic carbocycles. The van der Waals surface area contributed by atoms with Crippen LogP contribution in [0.15, 0.2) is 197 Å². The van der Waals surface area contributed by atoms with Crippen LogP contribution in [0.1, 0.15) is 172 Å². The summed E-state index contributed by atoms with van der Waals surface area (Å²) in [5, 5.41) is 3.55. The summed E-state index contributed by atoms with van der Waals surface area (Å²) in [4.78, 5) is 112. The van der Waals surface area contributed by atoms with E-state index in [1.54, 1.807) is 32.4 Å². The number of benzene rings is 10. The minimum Gasteiger partial charge on any atom is -0.528 e. The van der Waals surface area contributed by atoms with Crippen molar-refractivity contribution < 1.29 is 126 Å². The molecule has 0 saturated heterocycles. The van der Waals surface area contributed by atoms with Crippen LogP contribution in [-0.4, -0.2) is 225 Å². The van der Waals surface area contributed by atoms with Gasteiger partial charge in [0.15, 0.2) is 23.0 Å². The van der Waals surface area contributed by atoms with Crippen LogP contribution < -0.4 is 92.7 Å². The van der Waals surface area contributed by atoms with Crippen LogP contribution in [0.2, 0.25) is 0 Å². The van der Waals surface area contributed by atoms with Gasteiger partial charge in [0, 0.05) is 166 Å². The SMILES string of the molecule is CC(=O)OC(C)=O.CCCOCCOCCN(CC(C)(C)S(C)=S)c1cc(COc2cc3c(cc2C)C(=O)N2c4ccccc4C[C@H]2C=N3)cc(COc2cc3c(cc2OC)C(=O)N2c4ccccc4C[C@H]2C=N3)c1.CCCOCCOCCN(CC(C)(C)S(C)=S)c1cc(COc2cc3c(cc2C)C(=O)N2c4ccccc4C[C@H]2C=N3)cc(COc2cc3c(cc2OC)C(=O)N2c4ccccc4C[C@H]2CN3)c1.O.O.[B-]C(C)=O.[Na+]. The molecule has 3 radical (unpaired) electrons. The summed E-state index contributed by atoms with van der Waals surface area (Å²) in [6.07, 6.45) is 14.7. The molecule has 0 spiro atoms. The Bertz CT molecular complexity index is 6710. The number of fused-ring (bicyclic) bond motifs is 16. The summed E-state index contributed by atoms with van der Waals surface area (Å²) in [6, 6.07) is 59.3. The van der Waals surface area contributed by atoms with Crippen molar-refractivity contribution in [1.82, 2.24) is 0 Å². The van der Waals surface area contributed by atoms with Crippen molar-refractivity contribution in [2.45, 2.75) is 175 Å². The van der Waals surface area contributed by atoms with Crippen molar-refractivity contribution in [1.29, 1.82) is 0 Å². The summed E-state index contributed by atoms with van der Waals surface area (Å²) < 4.78 is 65.5. The minimum absolute atomic E-state index is 0. The van der Waals surface area contributed by atoms with E-state index in [0.29, 0.717) is 172 Å². The maximum Gasteiger partial charge on any atom is 1.00 e. The second-order valence-electron chi connectivity index (χ2n) is 38.5. The van der Waals surface area contributed by atoms with Crippen molar-refractivity contribution in [3.8, 4) is 34.5 Å². The number of carbonyl (C=O) groups excluding carboxylic acids is 7. The van der Waals surface area contributed by atoms with E-state index in [2.05, 4.69) is 142 Å². The van der Waals surface area contributed by atoms with Gasteiger partial charge in [0.1, 0.15) is 37.9 Å². The van der Waals surface area contributed by atoms with Crippen LogP contribution in [0.3, 0.4) is 0 Å². The Hall–Kier alpha value is -11.9. The van der Waals surface area contributed by atoms with E-state index >= 15 is 0 Å². The molecule has 8 aliphatic rings. The zero-order chi connectivity index (χ0) is 104. The molecule has 4 amide bonds. The van der Waals surface area contributed by atoms with Crippen molar-refractivity contribution in [3.05, 3.63) is 260 Å². The zero-order valence-electron chi connectivity index (χ0n) is 88.2. The number of esters is 2. The monoisotopic (exact) mass is 2120 g/mol. The molecule has 36 heteroatoms. The fourth-order valence-corrected chi connectivity index (χ4v) is 20.0. The third-order valence-corrected chi connectivity index (χ3v) is 32.7. The summed E-state index contributed by atoms with van der Waals surface area (Å²) in [6.45, 7) is 29.4. The smallest absolute Gasteiger partial charge is 0.528 e. The predicted molar refractivity (Wildman–Crippen MR) is 598 cm³/mol. The Balaban J connectivity index is 0.000000237. The van der Waals surface area contributed by atoms with Crippen LogP contribution in [0.4, 0.5) is 56.9 Å². The molecule has 150 heavy (non-hydrogen) atoms. The maximum atomic E-state index is 14.2. The van der Waals surface area contributed by atoms with Crippen molar-refractivity contribution in [2.24, 2.45) is 15.0 Å². The van der Waals surface area contributed by atoms with E-state index in [4.69, 9.17) is 84.7 Å². The molecule has 8 aliphatic heterocycles. The summed E-state index contributed by atoms with van der Waals surface area (Å²) >= 11 is 11.8. The van der Waals surface area contributed by atoms with Gasteiger partial charge in [-0.1, -0.05) is 116 Å². The van der Waals surface area contributed by atoms with Gasteiger partial charge in [0.2, 0.25) is 0 Å². The number of hydrogen-bond acceptors (Lipinski definition) is 26. The topological polar surface area (TPSA) is 353 Å². The first kappa shape index (κ1) is 117. The second kappa shape index (κ2) is 53.4. The number of ether oxygens (including phenoxy) is 11. The molecule has 0 bridgehead atoms. The number of carbonyl (C=O) groups is 7. The van der Waals surface area contributed by atoms with Gasteiger partial charge in [-0.25, -0.2) is 0 Å². The number of rotatable bonds is 38. The normalized spacial score (nSPS) is 16.1. The Morgan fingerprint density at radius 2 is 0.740 bits per heavy atom. The van der Waals surface area contributed by atoms with Gasteiger partial charge in [-0.3, -0.25) is 58.4 Å². The van der Waals surface area contributed by atoms with Crippen LogP contribution in [-0.2, 0) is 131 Å². The molecule has 0 saturated carbocycles. The fourth-order valence-electron chi connectivity index (χ4n) is 19.0. The first-order valence-electron chi connectivity index (χ1n) is 49.7. The molecule has 0 aromatic heterocycles. The van der Waals surface area contributed by atoms with Gasteiger partial charge >= 0.3 is 41.5 Å². The van der Waals surface area contributed by atoms with E-state index in [0.717, 1.165) is 116 Å². The van der Waals surface area contributed by atoms with Crippen molar-refractivity contribution in [3.63, 3.8) is 0 Å². The third kappa shape index (κ3) is 28.3. The van der Waals surface area contributed by atoms with E-state index in [1.165, 1.54) is 26.3 Å². The van der Waals surface area contributed by atoms with Crippen LogP contribution in [0.25, 0.3) is 0 Å². The maximum absolute atomic E-state index is 14.2. The Morgan fingerprint density at radius 3 is 1.09 bits per heavy atom. The molecule has 10 aromatic rings. The average Bonchev–Trinajstić information content (AvgIpc) is 1.62. The predicted octanol–water partition coefficient (Wildman–Crippen LogP) is 13.8. The molecule has 8 heterocycles. The molecule has 0 fully saturated rings. The summed E-state index contributed by atoms with van der Waals surface area (Å²) in [5.41, 5.74) is 19.8. The summed E-state index contributed by atoms with van der Waals surface area (Å²) in [7, 11) is 7.05. The van der Waals surface area contributed by atoms with E-state index in [9.17, 15) is 33.6 Å². The molecular formula is C114H133BN10NaO20S4. The van der Waals surface area contributed by atoms with Gasteiger partial charge < -0.3 is 95.7 Å². The first-order valence-corrected chi connectivity index (χ1v) is 54.8. The number of aliphatic imine (C=N–C) groups is 3. The Labute approximate surface area is 916 Å². The van der Waals surface area contributed by atoms with Crippen molar-refractivity contribution >= 4 is 166 Å². The standard InChI is InChI=1S/C54H61N5O7S2.C54H59N5O7S2.C4H6O3.C2H3BO.Na.2H2O/c2*1-7-17-63-19-20-64-18-16-57(34-54(3,4)68(6)67)40-23-36(32-65-49-28-45-43(21-35(49)2)52(60)58-41(30-55-45)25-38-12-8-10-14-47(38)58)22-37(24-40)33-66-51-29-46-44(27-50(51)62-5)53(61)59-42(31-56-46)26-39-13-9-11-15-48(39)59;1-3(5)7-4(2)6;1-2(3)4;;;/h8-15,21-24,27-30,41-42,56H,7,16-20,25-26,31-34H2,1-6H3;8-15,21-24,27-31,41-42H,7,16-20,25-26,32-34H2,1-6H3;1-2H3;1H3;;2*1H2/q;;;-1;+1;;/t2*41-,42-,68?;;;;;/m00...../s1. The fraction of sp³-hybridized carbons (Fsp3) is 0.386. The van der Waals surface area contributed by atoms with Crippen molar-refractivity contribution in [2.75, 3.05) is 147 Å². The summed E-state index contributed by atoms with van der Waals surface area (Å²) in [5.74, 6) is 1.75. The van der Waals surface area contributed by atoms with E-state index in [1.807, 2.05) is 155 Å². The quantitative estimate of drug-likeness (QED) is 0.0162. The molecule has 0 aliphatic carbocycles. The molecule has 30 nitrogen and oxygen atoms in total. The van der Waals surface area contributed by atoms with Gasteiger partial charge in [-0.2, -0.15) is 0 Å². The Morgan fingerprint density at radius 1 is 0.427 bits per heavy atom. The van der Waals surface area contributed by atoms with Gasteiger partial charge in [0.05, 0.1) is 123 Å². The second-order valence-corrected chi connectivity index (χ2v) is 45.6. The number of amides is 4. The number of methoxy groups -OCH3 is 2. The van der Waals surface area contributed by atoms with Crippen LogP contribution in [0, 0.1) is 13.8 Å². The number of hydrogen-bond donors (Lipinski definition) is 1. The van der Waals surface area contributed by atoms with Gasteiger partial charge in [0.25, 0.3) is 23.6 Å². The third-order valence-electron chi connectivity index (χ3n) is 26.6. The van der Waals surface area contributed by atoms with Crippen LogP contribution >= 0.6 is 0 Å².